The van der Waals surface area contributed by atoms with E-state index in [0.717, 1.165) is 0 Å². The van der Waals surface area contributed by atoms with Gasteiger partial charge in [0.05, 0.1) is 22.7 Å². The predicted molar refractivity (Wildman–Crippen MR) is 78.2 cm³/mol. The molecule has 104 valence electrons. The summed E-state index contributed by atoms with van der Waals surface area (Å²) >= 11 is 18.0. The summed E-state index contributed by atoms with van der Waals surface area (Å²) in [5.74, 6) is -0.941. The topological polar surface area (TPSA) is 59.4 Å². The van der Waals surface area contributed by atoms with E-state index in [-0.39, 0.29) is 21.5 Å². The molecule has 0 aliphatic rings. The number of ether oxygens (including phenoxy) is 1. The number of aromatic nitrogens is 1. The van der Waals surface area contributed by atoms with Crippen LogP contribution in [0.1, 0.15) is 10.4 Å². The molecule has 4 nitrogen and oxygen atoms in total. The van der Waals surface area contributed by atoms with Crippen molar-refractivity contribution in [3.8, 4) is 17.0 Å². The molecule has 1 aromatic heterocycles. The lowest BCUT2D eigenvalue weighted by molar-refractivity contribution is 0.0697. The molecular formula is C13H8Cl3NO3. The van der Waals surface area contributed by atoms with Gasteiger partial charge >= 0.3 is 5.97 Å². The van der Waals surface area contributed by atoms with Crippen molar-refractivity contribution in [2.75, 3.05) is 7.11 Å². The standard InChI is InChI=1S/C13H8Cl3NO3/c1-20-11-4-8(13(18)19)9(5-17-11)7-2-6(14)3-10(15)12(7)16/h2-5H,1H3,(H,18,19). The van der Waals surface area contributed by atoms with Gasteiger partial charge < -0.3 is 9.84 Å². The van der Waals surface area contributed by atoms with Gasteiger partial charge in [0, 0.05) is 28.4 Å². The predicted octanol–water partition coefficient (Wildman–Crippen LogP) is 4.42. The van der Waals surface area contributed by atoms with Crippen molar-refractivity contribution in [3.63, 3.8) is 0 Å². The molecule has 0 fully saturated rings. The summed E-state index contributed by atoms with van der Waals surface area (Å²) in [6.07, 6.45) is 1.36. The molecule has 0 radical (unpaired) electrons. The van der Waals surface area contributed by atoms with E-state index in [0.29, 0.717) is 16.1 Å². The summed E-state index contributed by atoms with van der Waals surface area (Å²) in [4.78, 5) is 15.3. The largest absolute Gasteiger partial charge is 0.481 e. The lowest BCUT2D eigenvalue weighted by Crippen LogP contribution is -2.02. The third-order valence-corrected chi connectivity index (χ3v) is 3.62. The molecule has 0 saturated heterocycles. The second-order valence-corrected chi connectivity index (χ2v) is 5.05. The fraction of sp³-hybridized carbons (Fsp3) is 0.0769. The number of carbonyl (C=O) groups is 1. The minimum absolute atomic E-state index is 0.00270. The Morgan fingerprint density at radius 2 is 1.90 bits per heavy atom. The molecule has 2 aromatic rings. The number of aromatic carboxylic acids is 1. The zero-order valence-electron chi connectivity index (χ0n) is 10.2. The average Bonchev–Trinajstić information content (AvgIpc) is 2.42. The maximum absolute atomic E-state index is 11.4. The van der Waals surface area contributed by atoms with Crippen LogP contribution in [0.3, 0.4) is 0 Å². The van der Waals surface area contributed by atoms with Gasteiger partial charge in [-0.3, -0.25) is 0 Å². The van der Waals surface area contributed by atoms with Crippen LogP contribution in [0.15, 0.2) is 24.4 Å². The van der Waals surface area contributed by atoms with E-state index >= 15 is 0 Å². The molecule has 0 saturated carbocycles. The number of rotatable bonds is 3. The van der Waals surface area contributed by atoms with Gasteiger partial charge in [-0.25, -0.2) is 9.78 Å². The number of carboxylic acids is 1. The minimum Gasteiger partial charge on any atom is -0.481 e. The van der Waals surface area contributed by atoms with Crippen LogP contribution in [0.4, 0.5) is 0 Å². The summed E-state index contributed by atoms with van der Waals surface area (Å²) in [5.41, 5.74) is 0.710. The smallest absolute Gasteiger partial charge is 0.336 e. The first kappa shape index (κ1) is 14.9. The number of nitrogens with zero attached hydrogens (tertiary/aromatic N) is 1. The molecule has 2 rings (SSSR count). The van der Waals surface area contributed by atoms with Crippen molar-refractivity contribution in [1.29, 1.82) is 0 Å². The molecule has 0 aliphatic heterocycles. The van der Waals surface area contributed by atoms with Crippen LogP contribution in [-0.4, -0.2) is 23.2 Å². The molecule has 0 spiro atoms. The van der Waals surface area contributed by atoms with Crippen molar-refractivity contribution >= 4 is 40.8 Å². The van der Waals surface area contributed by atoms with Gasteiger partial charge in [0.15, 0.2) is 0 Å². The molecule has 1 N–H and O–H groups in total. The van der Waals surface area contributed by atoms with Crippen molar-refractivity contribution in [1.82, 2.24) is 4.98 Å². The first-order valence-corrected chi connectivity index (χ1v) is 6.49. The Morgan fingerprint density at radius 3 is 2.50 bits per heavy atom. The normalized spacial score (nSPS) is 10.4. The average molecular weight is 333 g/mol. The van der Waals surface area contributed by atoms with Crippen molar-refractivity contribution in [2.24, 2.45) is 0 Å². The van der Waals surface area contributed by atoms with E-state index in [1.54, 1.807) is 0 Å². The zero-order chi connectivity index (χ0) is 14.9. The third kappa shape index (κ3) is 2.82. The number of hydrogen-bond acceptors (Lipinski definition) is 3. The van der Waals surface area contributed by atoms with Crippen LogP contribution < -0.4 is 4.74 Å². The highest BCUT2D eigenvalue weighted by molar-refractivity contribution is 6.45. The van der Waals surface area contributed by atoms with Crippen LogP contribution in [-0.2, 0) is 0 Å². The first-order valence-electron chi connectivity index (χ1n) is 5.36. The van der Waals surface area contributed by atoms with E-state index in [2.05, 4.69) is 4.98 Å². The summed E-state index contributed by atoms with van der Waals surface area (Å²) in [6.45, 7) is 0. The van der Waals surface area contributed by atoms with Gasteiger partial charge in [-0.1, -0.05) is 34.8 Å². The SMILES string of the molecule is COc1cc(C(=O)O)c(-c2cc(Cl)cc(Cl)c2Cl)cn1. The van der Waals surface area contributed by atoms with Crippen LogP contribution in [0.25, 0.3) is 11.1 Å². The number of halogens is 3. The lowest BCUT2D eigenvalue weighted by Gasteiger charge is -2.11. The first-order chi connectivity index (χ1) is 9.43. The Balaban J connectivity index is 2.72. The number of pyridine rings is 1. The quantitative estimate of drug-likeness (QED) is 0.845. The molecule has 1 aromatic carbocycles. The Bertz CT molecular complexity index is 689. The van der Waals surface area contributed by atoms with Crippen LogP contribution >= 0.6 is 34.8 Å². The maximum atomic E-state index is 11.4. The lowest BCUT2D eigenvalue weighted by atomic mass is 10.0. The molecule has 0 bridgehead atoms. The van der Waals surface area contributed by atoms with E-state index in [4.69, 9.17) is 39.5 Å². The summed E-state index contributed by atoms with van der Waals surface area (Å²) < 4.78 is 4.91. The fourth-order valence-electron chi connectivity index (χ4n) is 1.69. The molecule has 7 heteroatoms. The van der Waals surface area contributed by atoms with Crippen LogP contribution in [0.5, 0.6) is 5.88 Å². The molecule has 0 unspecified atom stereocenters. The van der Waals surface area contributed by atoms with E-state index in [1.165, 1.54) is 31.5 Å². The number of benzene rings is 1. The summed E-state index contributed by atoms with van der Waals surface area (Å²) in [7, 11) is 1.40. The minimum atomic E-state index is -1.13. The van der Waals surface area contributed by atoms with E-state index < -0.39 is 5.97 Å². The van der Waals surface area contributed by atoms with E-state index in [1.807, 2.05) is 0 Å². The van der Waals surface area contributed by atoms with Gasteiger partial charge in [-0.2, -0.15) is 0 Å². The van der Waals surface area contributed by atoms with Crippen molar-refractivity contribution < 1.29 is 14.6 Å². The van der Waals surface area contributed by atoms with Crippen LogP contribution in [0, 0.1) is 0 Å². The Kier molecular flexibility index (Phi) is 4.38. The van der Waals surface area contributed by atoms with Gasteiger partial charge in [0.25, 0.3) is 0 Å². The van der Waals surface area contributed by atoms with Gasteiger partial charge in [0.1, 0.15) is 0 Å². The van der Waals surface area contributed by atoms with Gasteiger partial charge in [-0.15, -0.1) is 0 Å². The molecular weight excluding hydrogens is 325 g/mol. The summed E-state index contributed by atoms with van der Waals surface area (Å²) in [6, 6.07) is 4.32. The zero-order valence-corrected chi connectivity index (χ0v) is 12.4. The van der Waals surface area contributed by atoms with Crippen molar-refractivity contribution in [2.45, 2.75) is 0 Å². The van der Waals surface area contributed by atoms with Crippen molar-refractivity contribution in [3.05, 3.63) is 45.0 Å². The van der Waals surface area contributed by atoms with E-state index in [9.17, 15) is 9.90 Å². The number of hydrogen-bond donors (Lipinski definition) is 1. The maximum Gasteiger partial charge on any atom is 0.336 e. The van der Waals surface area contributed by atoms with Gasteiger partial charge in [0.2, 0.25) is 5.88 Å². The number of carboxylic acid groups (broad SMARTS) is 1. The monoisotopic (exact) mass is 331 g/mol. The van der Waals surface area contributed by atoms with Crippen LogP contribution in [0.2, 0.25) is 15.1 Å². The second kappa shape index (κ2) is 5.87. The Morgan fingerprint density at radius 1 is 1.20 bits per heavy atom. The summed E-state index contributed by atoms with van der Waals surface area (Å²) in [5, 5.41) is 10.1. The molecule has 0 amide bonds. The Hall–Kier alpha value is -1.49. The molecule has 20 heavy (non-hydrogen) atoms. The molecule has 0 aliphatic carbocycles. The highest BCUT2D eigenvalue weighted by atomic mass is 35.5. The molecule has 0 atom stereocenters. The Labute approximate surface area is 129 Å². The highest BCUT2D eigenvalue weighted by Gasteiger charge is 2.18. The second-order valence-electron chi connectivity index (χ2n) is 3.83. The highest BCUT2D eigenvalue weighted by Crippen LogP contribution is 2.38. The molecule has 1 heterocycles. The number of methoxy groups -OCH3 is 1. The third-order valence-electron chi connectivity index (χ3n) is 2.60. The van der Waals surface area contributed by atoms with Gasteiger partial charge in [-0.05, 0) is 12.1 Å². The fourth-order valence-corrected chi connectivity index (χ4v) is 2.40.